The summed E-state index contributed by atoms with van der Waals surface area (Å²) in [5.41, 5.74) is -0.833. The third-order valence-electron chi connectivity index (χ3n) is 3.00. The maximum Gasteiger partial charge on any atom is 0.212 e. The fraction of sp³-hybridized carbons (Fsp3) is 1.00. The molecule has 0 aromatic carbocycles. The lowest BCUT2D eigenvalue weighted by Crippen LogP contribution is -2.47. The van der Waals surface area contributed by atoms with Crippen LogP contribution in [-0.2, 0) is 19.9 Å². The van der Waals surface area contributed by atoms with Crippen LogP contribution in [0.4, 0.5) is 0 Å². The lowest BCUT2D eigenvalue weighted by Gasteiger charge is -2.23. The Morgan fingerprint density at radius 1 is 1.28 bits per heavy atom. The molecule has 1 aliphatic rings. The molecule has 0 aromatic rings. The molecule has 0 amide bonds. The molecule has 1 heterocycles. The van der Waals surface area contributed by atoms with Crippen LogP contribution >= 0.6 is 0 Å². The van der Waals surface area contributed by atoms with Gasteiger partial charge in [0, 0.05) is 5.54 Å². The maximum atomic E-state index is 11.8. The van der Waals surface area contributed by atoms with E-state index in [2.05, 4.69) is 10.0 Å². The van der Waals surface area contributed by atoms with Crippen molar-refractivity contribution in [2.24, 2.45) is 0 Å². The Morgan fingerprint density at radius 3 is 2.44 bits per heavy atom. The first-order valence-corrected chi connectivity index (χ1v) is 9.52. The van der Waals surface area contributed by atoms with Crippen LogP contribution in [0.25, 0.3) is 0 Å². The Kier molecular flexibility index (Phi) is 5.16. The van der Waals surface area contributed by atoms with E-state index >= 15 is 0 Å². The molecule has 0 saturated carbocycles. The van der Waals surface area contributed by atoms with Crippen molar-refractivity contribution in [3.63, 3.8) is 0 Å². The van der Waals surface area contributed by atoms with Crippen LogP contribution in [0.15, 0.2) is 0 Å². The van der Waals surface area contributed by atoms with Gasteiger partial charge in [0.2, 0.25) is 10.0 Å². The van der Waals surface area contributed by atoms with Crippen molar-refractivity contribution in [3.05, 3.63) is 0 Å². The number of nitrogens with one attached hydrogen (secondary N) is 2. The SMILES string of the molecule is CNCCCCS(=O)(=O)NC1(C)CCS(=O)(=O)C1. The van der Waals surface area contributed by atoms with E-state index in [4.69, 9.17) is 0 Å². The quantitative estimate of drug-likeness (QED) is 0.617. The Hall–Kier alpha value is -0.180. The van der Waals surface area contributed by atoms with Crippen molar-refractivity contribution >= 4 is 19.9 Å². The molecule has 108 valence electrons. The lowest BCUT2D eigenvalue weighted by molar-refractivity contribution is 0.460. The number of unbranched alkanes of at least 4 members (excludes halogenated alkanes) is 1. The first kappa shape index (κ1) is 15.9. The number of sulfonamides is 1. The first-order chi connectivity index (χ1) is 8.18. The predicted octanol–water partition coefficient (Wildman–Crippen LogP) is -0.517. The van der Waals surface area contributed by atoms with Crippen LogP contribution in [0, 0.1) is 0 Å². The van der Waals surface area contributed by atoms with Crippen molar-refractivity contribution in [2.45, 2.75) is 31.7 Å². The molecule has 1 atom stereocenters. The predicted molar refractivity (Wildman–Crippen MR) is 71.8 cm³/mol. The molecule has 6 nitrogen and oxygen atoms in total. The van der Waals surface area contributed by atoms with Crippen LogP contribution in [0.3, 0.4) is 0 Å². The summed E-state index contributed by atoms with van der Waals surface area (Å²) in [4.78, 5) is 0. The van der Waals surface area contributed by atoms with E-state index in [9.17, 15) is 16.8 Å². The highest BCUT2D eigenvalue weighted by molar-refractivity contribution is 7.92. The van der Waals surface area contributed by atoms with Gasteiger partial charge in [0.1, 0.15) is 0 Å². The fourth-order valence-corrected chi connectivity index (χ4v) is 5.91. The number of sulfone groups is 1. The highest BCUT2D eigenvalue weighted by atomic mass is 32.2. The van der Waals surface area contributed by atoms with Crippen molar-refractivity contribution in [2.75, 3.05) is 30.9 Å². The zero-order chi connectivity index (χ0) is 13.9. The van der Waals surface area contributed by atoms with Crippen LogP contribution in [0.2, 0.25) is 0 Å². The minimum atomic E-state index is -3.40. The van der Waals surface area contributed by atoms with E-state index < -0.39 is 25.4 Å². The number of hydrogen-bond acceptors (Lipinski definition) is 5. The molecular weight excluding hydrogens is 276 g/mol. The number of rotatable bonds is 7. The van der Waals surface area contributed by atoms with Crippen molar-refractivity contribution in [1.29, 1.82) is 0 Å². The first-order valence-electron chi connectivity index (χ1n) is 6.05. The summed E-state index contributed by atoms with van der Waals surface area (Å²) in [6.45, 7) is 2.43. The third-order valence-corrected chi connectivity index (χ3v) is 6.53. The molecule has 0 bridgehead atoms. The van der Waals surface area contributed by atoms with Gasteiger partial charge in [-0.15, -0.1) is 0 Å². The lowest BCUT2D eigenvalue weighted by atomic mass is 10.0. The van der Waals surface area contributed by atoms with E-state index in [0.29, 0.717) is 12.8 Å². The van der Waals surface area contributed by atoms with Gasteiger partial charge < -0.3 is 5.32 Å². The molecule has 1 aliphatic heterocycles. The molecule has 0 radical (unpaired) electrons. The number of hydrogen-bond donors (Lipinski definition) is 2. The molecule has 2 N–H and O–H groups in total. The van der Waals surface area contributed by atoms with Gasteiger partial charge in [-0.25, -0.2) is 21.6 Å². The highest BCUT2D eigenvalue weighted by Gasteiger charge is 2.40. The Labute approximate surface area is 110 Å². The van der Waals surface area contributed by atoms with Crippen molar-refractivity contribution < 1.29 is 16.8 Å². The molecule has 1 unspecified atom stereocenters. The van der Waals surface area contributed by atoms with Gasteiger partial charge in [-0.1, -0.05) is 0 Å². The van der Waals surface area contributed by atoms with Gasteiger partial charge in [0.25, 0.3) is 0 Å². The smallest absolute Gasteiger partial charge is 0.212 e. The van der Waals surface area contributed by atoms with Gasteiger partial charge in [-0.2, -0.15) is 0 Å². The summed E-state index contributed by atoms with van der Waals surface area (Å²) in [6.07, 6.45) is 1.70. The van der Waals surface area contributed by atoms with Crippen molar-refractivity contribution in [3.8, 4) is 0 Å². The van der Waals surface area contributed by atoms with E-state index in [1.165, 1.54) is 0 Å². The molecule has 18 heavy (non-hydrogen) atoms. The van der Waals surface area contributed by atoms with Crippen LogP contribution in [0.5, 0.6) is 0 Å². The summed E-state index contributed by atoms with van der Waals surface area (Å²) >= 11 is 0. The molecular formula is C10H22N2O4S2. The minimum Gasteiger partial charge on any atom is -0.320 e. The monoisotopic (exact) mass is 298 g/mol. The molecule has 1 fully saturated rings. The summed E-state index contributed by atoms with van der Waals surface area (Å²) in [7, 11) is -4.67. The standard InChI is InChI=1S/C10H22N2O4S2/c1-10(5-8-17(13,14)9-10)12-18(15,16)7-4-3-6-11-2/h11-12H,3-9H2,1-2H3. The second-order valence-electron chi connectivity index (χ2n) is 5.13. The second-order valence-corrected chi connectivity index (χ2v) is 9.16. The Morgan fingerprint density at radius 2 is 1.94 bits per heavy atom. The topological polar surface area (TPSA) is 92.3 Å². The van der Waals surface area contributed by atoms with E-state index in [1.807, 2.05) is 7.05 Å². The van der Waals surface area contributed by atoms with E-state index in [1.54, 1.807) is 6.92 Å². The van der Waals surface area contributed by atoms with Gasteiger partial charge in [0.05, 0.1) is 17.3 Å². The van der Waals surface area contributed by atoms with Crippen LogP contribution in [0.1, 0.15) is 26.2 Å². The molecule has 1 rings (SSSR count). The molecule has 0 aliphatic carbocycles. The van der Waals surface area contributed by atoms with Crippen molar-refractivity contribution in [1.82, 2.24) is 10.0 Å². The molecule has 1 saturated heterocycles. The Balaban J connectivity index is 2.50. The Bertz CT molecular complexity index is 472. The average molecular weight is 298 g/mol. The largest absolute Gasteiger partial charge is 0.320 e. The second kappa shape index (κ2) is 5.85. The normalized spacial score (nSPS) is 27.4. The van der Waals surface area contributed by atoms with Gasteiger partial charge in [-0.05, 0) is 39.8 Å². The van der Waals surface area contributed by atoms with E-state index in [-0.39, 0.29) is 17.3 Å². The summed E-state index contributed by atoms with van der Waals surface area (Å²) in [6, 6.07) is 0. The third kappa shape index (κ3) is 5.21. The molecule has 0 spiro atoms. The van der Waals surface area contributed by atoms with Gasteiger partial charge in [0.15, 0.2) is 9.84 Å². The summed E-state index contributed by atoms with van der Waals surface area (Å²) < 4.78 is 49.0. The zero-order valence-electron chi connectivity index (χ0n) is 10.9. The molecule has 8 heteroatoms. The van der Waals surface area contributed by atoms with Gasteiger partial charge >= 0.3 is 0 Å². The fourth-order valence-electron chi connectivity index (χ4n) is 2.11. The highest BCUT2D eigenvalue weighted by Crippen LogP contribution is 2.23. The van der Waals surface area contributed by atoms with E-state index in [0.717, 1.165) is 13.0 Å². The minimum absolute atomic E-state index is 0.0460. The van der Waals surface area contributed by atoms with Crippen LogP contribution < -0.4 is 10.0 Å². The molecule has 0 aromatic heterocycles. The van der Waals surface area contributed by atoms with Gasteiger partial charge in [-0.3, -0.25) is 0 Å². The maximum absolute atomic E-state index is 11.8. The zero-order valence-corrected chi connectivity index (χ0v) is 12.5. The summed E-state index contributed by atoms with van der Waals surface area (Å²) in [5.74, 6) is 0.00579. The average Bonchev–Trinajstić information content (AvgIpc) is 2.46. The summed E-state index contributed by atoms with van der Waals surface area (Å²) in [5, 5.41) is 2.95. The van der Waals surface area contributed by atoms with Crippen LogP contribution in [-0.4, -0.2) is 53.2 Å².